The molecule has 0 amide bonds. The van der Waals surface area contributed by atoms with E-state index in [0.29, 0.717) is 0 Å². The van der Waals surface area contributed by atoms with Gasteiger partial charge in [0.05, 0.1) is 5.56 Å². The van der Waals surface area contributed by atoms with Gasteiger partial charge in [0, 0.05) is 16.8 Å². The van der Waals surface area contributed by atoms with Crippen LogP contribution in [0.2, 0.25) is 5.02 Å². The molecule has 2 N–H and O–H groups in total. The number of hydrogen-bond acceptors (Lipinski definition) is 2. The topological polar surface area (TPSA) is 70.2 Å². The zero-order valence-electron chi connectivity index (χ0n) is 8.91. The van der Waals surface area contributed by atoms with Gasteiger partial charge in [-0.25, -0.2) is 9.18 Å². The molecule has 2 rings (SSSR count). The summed E-state index contributed by atoms with van der Waals surface area (Å²) in [5, 5.41) is 8.89. The maximum absolute atomic E-state index is 13.5. The molecule has 6 heteroatoms. The molecular formula is C12H7ClFNO3. The second-order valence-corrected chi connectivity index (χ2v) is 4.00. The molecule has 1 heterocycles. The van der Waals surface area contributed by atoms with E-state index in [-0.39, 0.29) is 21.8 Å². The second-order valence-electron chi connectivity index (χ2n) is 3.56. The van der Waals surface area contributed by atoms with Gasteiger partial charge in [-0.15, -0.1) is 0 Å². The lowest BCUT2D eigenvalue weighted by Crippen LogP contribution is -2.03. The van der Waals surface area contributed by atoms with Gasteiger partial charge >= 0.3 is 5.97 Å². The third-order valence-corrected chi connectivity index (χ3v) is 2.59. The first-order valence-corrected chi connectivity index (χ1v) is 5.28. The van der Waals surface area contributed by atoms with Crippen molar-refractivity contribution in [3.63, 3.8) is 0 Å². The van der Waals surface area contributed by atoms with Crippen LogP contribution in [0.3, 0.4) is 0 Å². The Bertz CT molecular complexity index is 636. The first kappa shape index (κ1) is 12.3. The van der Waals surface area contributed by atoms with Gasteiger partial charge in [-0.3, -0.25) is 4.79 Å². The number of halogens is 2. The Hall–Kier alpha value is -2.14. The third-order valence-electron chi connectivity index (χ3n) is 2.35. The van der Waals surface area contributed by atoms with Gasteiger partial charge in [0.2, 0.25) is 0 Å². The molecule has 1 aromatic heterocycles. The Balaban J connectivity index is 2.38. The van der Waals surface area contributed by atoms with Crippen molar-refractivity contribution in [1.82, 2.24) is 4.98 Å². The molecule has 0 unspecified atom stereocenters. The summed E-state index contributed by atoms with van der Waals surface area (Å²) in [6.45, 7) is 0. The molecule has 18 heavy (non-hydrogen) atoms. The number of ketones is 1. The smallest absolute Gasteiger partial charge is 0.352 e. The molecule has 0 aliphatic carbocycles. The first-order chi connectivity index (χ1) is 8.49. The zero-order valence-corrected chi connectivity index (χ0v) is 9.66. The Morgan fingerprint density at radius 1 is 1.28 bits per heavy atom. The lowest BCUT2D eigenvalue weighted by atomic mass is 10.1. The minimum atomic E-state index is -1.19. The summed E-state index contributed by atoms with van der Waals surface area (Å²) in [6.07, 6.45) is 1.22. The van der Waals surface area contributed by atoms with E-state index in [1.807, 2.05) is 0 Å². The molecule has 1 aromatic carbocycles. The number of carbonyl (C=O) groups excluding carboxylic acids is 1. The van der Waals surface area contributed by atoms with Crippen LogP contribution >= 0.6 is 11.6 Å². The number of hydrogen-bond donors (Lipinski definition) is 2. The average Bonchev–Trinajstić information content (AvgIpc) is 2.77. The number of aromatic nitrogens is 1. The van der Waals surface area contributed by atoms with Crippen LogP contribution in [-0.2, 0) is 0 Å². The van der Waals surface area contributed by atoms with Crippen molar-refractivity contribution in [2.45, 2.75) is 0 Å². The average molecular weight is 268 g/mol. The molecule has 0 aliphatic heterocycles. The van der Waals surface area contributed by atoms with Gasteiger partial charge in [0.25, 0.3) is 0 Å². The van der Waals surface area contributed by atoms with Crippen LogP contribution in [-0.4, -0.2) is 21.8 Å². The lowest BCUT2D eigenvalue weighted by Gasteiger charge is -2.00. The number of H-pyrrole nitrogens is 1. The number of carboxylic acids is 1. The second kappa shape index (κ2) is 4.62. The largest absolute Gasteiger partial charge is 0.477 e. The number of aromatic amines is 1. The van der Waals surface area contributed by atoms with E-state index in [0.717, 1.165) is 12.1 Å². The molecule has 0 radical (unpaired) electrons. The van der Waals surface area contributed by atoms with Crippen LogP contribution in [0, 0.1) is 5.82 Å². The summed E-state index contributed by atoms with van der Waals surface area (Å²) >= 11 is 5.58. The number of carboxylic acid groups (broad SMARTS) is 1. The molecule has 92 valence electrons. The fourth-order valence-corrected chi connectivity index (χ4v) is 1.64. The van der Waals surface area contributed by atoms with Crippen LogP contribution in [0.25, 0.3) is 0 Å². The molecule has 0 fully saturated rings. The molecule has 0 bridgehead atoms. The Morgan fingerprint density at radius 3 is 2.56 bits per heavy atom. The summed E-state index contributed by atoms with van der Waals surface area (Å²) in [5.41, 5.74) is -0.211. The lowest BCUT2D eigenvalue weighted by molar-refractivity contribution is 0.0691. The number of nitrogens with one attached hydrogen (secondary N) is 1. The van der Waals surface area contributed by atoms with Crippen molar-refractivity contribution in [3.05, 3.63) is 58.1 Å². The minimum absolute atomic E-state index is 0.0774. The summed E-state index contributed by atoms with van der Waals surface area (Å²) in [5.74, 6) is -2.54. The molecule has 0 saturated carbocycles. The standard InChI is InChI=1S/C12H7ClFNO3/c13-7-1-2-8(9(14)4-7)11(16)6-3-10(12(17)18)15-5-6/h1-5,15H,(H,17,18). The monoisotopic (exact) mass is 267 g/mol. The molecule has 2 aromatic rings. The highest BCUT2D eigenvalue weighted by Crippen LogP contribution is 2.18. The van der Waals surface area contributed by atoms with Crippen molar-refractivity contribution >= 4 is 23.4 Å². The quantitative estimate of drug-likeness (QED) is 0.840. The van der Waals surface area contributed by atoms with Crippen molar-refractivity contribution in [2.75, 3.05) is 0 Å². The fourth-order valence-electron chi connectivity index (χ4n) is 1.48. The Morgan fingerprint density at radius 2 is 2.00 bits per heavy atom. The van der Waals surface area contributed by atoms with E-state index in [1.54, 1.807) is 0 Å². The van der Waals surface area contributed by atoms with Gasteiger partial charge < -0.3 is 10.1 Å². The Labute approximate surface area is 106 Å². The van der Waals surface area contributed by atoms with Gasteiger partial charge in [-0.05, 0) is 24.3 Å². The Kier molecular flexibility index (Phi) is 3.16. The van der Waals surface area contributed by atoms with Crippen molar-refractivity contribution < 1.29 is 19.1 Å². The van der Waals surface area contributed by atoms with Gasteiger partial charge in [0.15, 0.2) is 5.78 Å². The fraction of sp³-hybridized carbons (Fsp3) is 0. The molecular weight excluding hydrogens is 261 g/mol. The molecule has 0 atom stereocenters. The van der Waals surface area contributed by atoms with Crippen LogP contribution in [0.5, 0.6) is 0 Å². The highest BCUT2D eigenvalue weighted by Gasteiger charge is 2.17. The van der Waals surface area contributed by atoms with E-state index in [1.165, 1.54) is 18.3 Å². The normalized spacial score (nSPS) is 10.3. The van der Waals surface area contributed by atoms with Crippen LogP contribution in [0.1, 0.15) is 26.4 Å². The van der Waals surface area contributed by atoms with Gasteiger partial charge in [-0.2, -0.15) is 0 Å². The summed E-state index contributed by atoms with van der Waals surface area (Å²) in [7, 11) is 0. The summed E-state index contributed by atoms with van der Waals surface area (Å²) in [6, 6.07) is 4.83. The van der Waals surface area contributed by atoms with Crippen LogP contribution in [0.15, 0.2) is 30.5 Å². The highest BCUT2D eigenvalue weighted by atomic mass is 35.5. The van der Waals surface area contributed by atoms with E-state index in [2.05, 4.69) is 4.98 Å². The molecule has 0 saturated heterocycles. The first-order valence-electron chi connectivity index (χ1n) is 4.90. The van der Waals surface area contributed by atoms with E-state index < -0.39 is 17.6 Å². The molecule has 0 spiro atoms. The van der Waals surface area contributed by atoms with Crippen molar-refractivity contribution in [3.8, 4) is 0 Å². The molecule has 0 aliphatic rings. The van der Waals surface area contributed by atoms with Gasteiger partial charge in [0.1, 0.15) is 11.5 Å². The number of aromatic carboxylic acids is 1. The predicted molar refractivity (Wildman–Crippen MR) is 62.6 cm³/mol. The van der Waals surface area contributed by atoms with E-state index >= 15 is 0 Å². The van der Waals surface area contributed by atoms with Crippen LogP contribution in [0.4, 0.5) is 4.39 Å². The molecule has 4 nitrogen and oxygen atoms in total. The number of carbonyl (C=O) groups is 2. The van der Waals surface area contributed by atoms with Crippen molar-refractivity contribution in [2.24, 2.45) is 0 Å². The third kappa shape index (κ3) is 2.26. The maximum Gasteiger partial charge on any atom is 0.352 e. The highest BCUT2D eigenvalue weighted by molar-refractivity contribution is 6.30. The predicted octanol–water partition coefficient (Wildman–Crippen LogP) is 2.74. The van der Waals surface area contributed by atoms with Crippen molar-refractivity contribution in [1.29, 1.82) is 0 Å². The SMILES string of the molecule is O=C(O)c1cc(C(=O)c2ccc(Cl)cc2F)c[nH]1. The van der Waals surface area contributed by atoms with Crippen LogP contribution < -0.4 is 0 Å². The maximum atomic E-state index is 13.5. The van der Waals surface area contributed by atoms with Gasteiger partial charge in [-0.1, -0.05) is 11.6 Å². The zero-order chi connectivity index (χ0) is 13.3. The summed E-state index contributed by atoms with van der Waals surface area (Å²) in [4.78, 5) is 25.0. The minimum Gasteiger partial charge on any atom is -0.477 e. The van der Waals surface area contributed by atoms with E-state index in [9.17, 15) is 14.0 Å². The summed E-state index contributed by atoms with van der Waals surface area (Å²) < 4.78 is 13.5. The van der Waals surface area contributed by atoms with E-state index in [4.69, 9.17) is 16.7 Å². The number of benzene rings is 1. The number of rotatable bonds is 3.